The summed E-state index contributed by atoms with van der Waals surface area (Å²) in [6.45, 7) is 1.53. The first-order valence-electron chi connectivity index (χ1n) is 8.71. The predicted molar refractivity (Wildman–Crippen MR) is 88.4 cm³/mol. The van der Waals surface area contributed by atoms with Crippen molar-refractivity contribution in [3.05, 3.63) is 35.1 Å². The highest BCUT2D eigenvalue weighted by atomic mass is 16.3. The molecule has 0 aromatic heterocycles. The van der Waals surface area contributed by atoms with Crippen molar-refractivity contribution in [1.29, 1.82) is 0 Å². The van der Waals surface area contributed by atoms with Gasteiger partial charge in [-0.25, -0.2) is 0 Å². The van der Waals surface area contributed by atoms with E-state index in [0.29, 0.717) is 11.5 Å². The third-order valence-electron chi connectivity index (χ3n) is 5.22. The molecule has 3 rings (SSSR count). The van der Waals surface area contributed by atoms with Crippen molar-refractivity contribution in [2.75, 3.05) is 0 Å². The number of carbonyl (C=O) groups excluding carboxylic acids is 2. The lowest BCUT2D eigenvalue weighted by molar-refractivity contribution is -0.115. The summed E-state index contributed by atoms with van der Waals surface area (Å²) < 4.78 is 0. The molecule has 0 bridgehead atoms. The fourth-order valence-corrected chi connectivity index (χ4v) is 4.24. The van der Waals surface area contributed by atoms with Crippen molar-refractivity contribution in [1.82, 2.24) is 5.32 Å². The second kappa shape index (κ2) is 6.83. The van der Waals surface area contributed by atoms with E-state index in [1.54, 1.807) is 0 Å². The van der Waals surface area contributed by atoms with E-state index in [0.717, 1.165) is 12.3 Å². The fourth-order valence-electron chi connectivity index (χ4n) is 4.24. The summed E-state index contributed by atoms with van der Waals surface area (Å²) in [6, 6.07) is 0. The summed E-state index contributed by atoms with van der Waals surface area (Å²) in [4.78, 5) is 24.4. The minimum atomic E-state index is -0.859. The monoisotopic (exact) mass is 315 g/mol. The van der Waals surface area contributed by atoms with E-state index >= 15 is 0 Å². The van der Waals surface area contributed by atoms with Crippen LogP contribution in [0.5, 0.6) is 0 Å². The molecule has 4 nitrogen and oxygen atoms in total. The summed E-state index contributed by atoms with van der Waals surface area (Å²) >= 11 is 0. The van der Waals surface area contributed by atoms with E-state index in [4.69, 9.17) is 0 Å². The molecule has 4 heteroatoms. The lowest BCUT2D eigenvalue weighted by atomic mass is 9.68. The Labute approximate surface area is 137 Å². The molecule has 0 heterocycles. The van der Waals surface area contributed by atoms with Crippen LogP contribution < -0.4 is 5.32 Å². The van der Waals surface area contributed by atoms with Crippen molar-refractivity contribution in [3.8, 4) is 0 Å². The highest BCUT2D eigenvalue weighted by Crippen LogP contribution is 2.43. The minimum Gasteiger partial charge on any atom is -0.374 e. The first-order chi connectivity index (χ1) is 11.0. The number of allylic oxidation sites excluding steroid dienone is 5. The Balaban J connectivity index is 1.83. The second-order valence-corrected chi connectivity index (χ2v) is 6.97. The molecule has 2 N–H and O–H groups in total. The van der Waals surface area contributed by atoms with E-state index in [2.05, 4.69) is 5.32 Å². The van der Waals surface area contributed by atoms with Crippen molar-refractivity contribution in [3.63, 3.8) is 0 Å². The molecule has 0 aromatic rings. The van der Waals surface area contributed by atoms with Gasteiger partial charge in [0.2, 0.25) is 5.78 Å². The Kier molecular flexibility index (Phi) is 4.81. The summed E-state index contributed by atoms with van der Waals surface area (Å²) in [5, 5.41) is 12.1. The van der Waals surface area contributed by atoms with Crippen LogP contribution in [0.1, 0.15) is 51.9 Å². The number of rotatable bonds is 3. The van der Waals surface area contributed by atoms with Crippen molar-refractivity contribution in [2.45, 2.75) is 58.1 Å². The molecule has 0 amide bonds. The van der Waals surface area contributed by atoms with Crippen molar-refractivity contribution < 1.29 is 14.7 Å². The summed E-state index contributed by atoms with van der Waals surface area (Å²) in [5.41, 5.74) is 1.99. The van der Waals surface area contributed by atoms with Gasteiger partial charge in [-0.1, -0.05) is 24.5 Å². The second-order valence-electron chi connectivity index (χ2n) is 6.97. The van der Waals surface area contributed by atoms with Gasteiger partial charge in [-0.05, 0) is 56.9 Å². The number of aliphatic hydroxyl groups is 1. The number of Topliss-reactive ketones (excluding diaryl/α,β-unsaturated/α-hetero) is 1. The third-order valence-corrected chi connectivity index (χ3v) is 5.22. The van der Waals surface area contributed by atoms with Crippen LogP contribution in [0.25, 0.3) is 0 Å². The number of hydrogen-bond acceptors (Lipinski definition) is 4. The lowest BCUT2D eigenvalue weighted by Gasteiger charge is -2.37. The van der Waals surface area contributed by atoms with Gasteiger partial charge in [0.1, 0.15) is 6.23 Å². The zero-order valence-corrected chi connectivity index (χ0v) is 13.7. The number of carbonyl (C=O) groups is 2. The predicted octanol–water partition coefficient (Wildman–Crippen LogP) is 2.79. The number of ketones is 2. The van der Waals surface area contributed by atoms with Crippen LogP contribution >= 0.6 is 0 Å². The molecule has 3 aliphatic rings. The maximum absolute atomic E-state index is 12.5. The lowest BCUT2D eigenvalue weighted by Crippen LogP contribution is -2.32. The number of aliphatic hydroxyl groups excluding tert-OH is 1. The van der Waals surface area contributed by atoms with E-state index in [1.165, 1.54) is 63.2 Å². The third kappa shape index (κ3) is 3.63. The molecule has 3 unspecified atom stereocenters. The molecule has 0 spiro atoms. The zero-order valence-electron chi connectivity index (χ0n) is 13.7. The molecular formula is C19H25NO3. The molecule has 0 radical (unpaired) electrons. The Hall–Kier alpha value is -1.68. The number of nitrogens with one attached hydrogen (secondary N) is 1. The molecule has 2 fully saturated rings. The van der Waals surface area contributed by atoms with Gasteiger partial charge < -0.3 is 10.4 Å². The van der Waals surface area contributed by atoms with Gasteiger partial charge in [0, 0.05) is 11.6 Å². The zero-order chi connectivity index (χ0) is 16.4. The molecule has 124 valence electrons. The average molecular weight is 315 g/mol. The molecule has 3 atom stereocenters. The minimum absolute atomic E-state index is 0.190. The molecular weight excluding hydrogens is 290 g/mol. The summed E-state index contributed by atoms with van der Waals surface area (Å²) in [7, 11) is 0. The Morgan fingerprint density at radius 2 is 1.91 bits per heavy atom. The van der Waals surface area contributed by atoms with Gasteiger partial charge in [0.15, 0.2) is 5.78 Å². The Morgan fingerprint density at radius 1 is 1.17 bits per heavy atom. The Bertz CT molecular complexity index is 596. The topological polar surface area (TPSA) is 66.4 Å². The highest BCUT2D eigenvalue weighted by molar-refractivity contribution is 6.21. The summed E-state index contributed by atoms with van der Waals surface area (Å²) in [6.07, 6.45) is 12.4. The van der Waals surface area contributed by atoms with Crippen LogP contribution in [0.2, 0.25) is 0 Å². The average Bonchev–Trinajstić information content (AvgIpc) is 2.51. The molecule has 0 saturated heterocycles. The SMILES string of the molecule is CC(O)NC1=CC(=O)C=C(/C=C2\CCCC3CCCCC23)C1=O. The van der Waals surface area contributed by atoms with Crippen molar-refractivity contribution in [2.24, 2.45) is 11.8 Å². The maximum Gasteiger partial charge on any atom is 0.209 e. The smallest absolute Gasteiger partial charge is 0.209 e. The molecule has 2 saturated carbocycles. The van der Waals surface area contributed by atoms with Gasteiger partial charge in [0.25, 0.3) is 0 Å². The fraction of sp³-hybridized carbons (Fsp3) is 0.579. The van der Waals surface area contributed by atoms with Crippen LogP contribution in [0.3, 0.4) is 0 Å². The quantitative estimate of drug-likeness (QED) is 0.621. The van der Waals surface area contributed by atoms with Crippen LogP contribution in [-0.4, -0.2) is 22.9 Å². The molecule has 3 aliphatic carbocycles. The van der Waals surface area contributed by atoms with Crippen LogP contribution in [-0.2, 0) is 9.59 Å². The summed E-state index contributed by atoms with van der Waals surface area (Å²) in [5.74, 6) is 0.941. The standard InChI is InChI=1S/C19H25NO3/c1-12(21)20-18-11-16(22)10-15(19(18)23)9-14-7-4-6-13-5-2-3-8-17(13)14/h9-13,17,20-21H,2-8H2,1H3/b14-9+. The van der Waals surface area contributed by atoms with E-state index < -0.39 is 6.23 Å². The van der Waals surface area contributed by atoms with Gasteiger partial charge >= 0.3 is 0 Å². The molecule has 23 heavy (non-hydrogen) atoms. The van der Waals surface area contributed by atoms with Gasteiger partial charge in [0.05, 0.1) is 5.70 Å². The van der Waals surface area contributed by atoms with Crippen molar-refractivity contribution >= 4 is 11.6 Å². The molecule has 0 aliphatic heterocycles. The first kappa shape index (κ1) is 16.2. The van der Waals surface area contributed by atoms with E-state index in [9.17, 15) is 14.7 Å². The van der Waals surface area contributed by atoms with E-state index in [-0.39, 0.29) is 17.3 Å². The Morgan fingerprint density at radius 3 is 2.70 bits per heavy atom. The largest absolute Gasteiger partial charge is 0.374 e. The van der Waals surface area contributed by atoms with Crippen LogP contribution in [0.15, 0.2) is 35.1 Å². The van der Waals surface area contributed by atoms with Gasteiger partial charge in [-0.15, -0.1) is 0 Å². The maximum atomic E-state index is 12.5. The number of hydrogen-bond donors (Lipinski definition) is 2. The first-order valence-corrected chi connectivity index (χ1v) is 8.71. The van der Waals surface area contributed by atoms with Gasteiger partial charge in [-0.3, -0.25) is 9.59 Å². The van der Waals surface area contributed by atoms with Gasteiger partial charge in [-0.2, -0.15) is 0 Å². The molecule has 0 aromatic carbocycles. The van der Waals surface area contributed by atoms with Crippen LogP contribution in [0.4, 0.5) is 0 Å². The highest BCUT2D eigenvalue weighted by Gasteiger charge is 2.32. The van der Waals surface area contributed by atoms with E-state index in [1.807, 2.05) is 6.08 Å². The van der Waals surface area contributed by atoms with Crippen LogP contribution in [0, 0.1) is 11.8 Å². The normalized spacial score (nSPS) is 31.3. The number of fused-ring (bicyclic) bond motifs is 1.